The van der Waals surface area contributed by atoms with Crippen LogP contribution in [0, 0.1) is 0 Å². The molecule has 11 nitrogen and oxygen atoms in total. The number of rotatable bonds is 9. The van der Waals surface area contributed by atoms with Crippen molar-refractivity contribution in [3.63, 3.8) is 0 Å². The lowest BCUT2D eigenvalue weighted by atomic mass is 9.94. The van der Waals surface area contributed by atoms with Gasteiger partial charge in [-0.3, -0.25) is 14.5 Å². The van der Waals surface area contributed by atoms with Gasteiger partial charge in [-0.05, 0) is 36.6 Å². The van der Waals surface area contributed by atoms with Crippen molar-refractivity contribution in [3.8, 4) is 11.1 Å². The Bertz CT molecular complexity index is 1790. The molecule has 4 aromatic rings. The van der Waals surface area contributed by atoms with Crippen LogP contribution in [-0.4, -0.2) is 66.7 Å². The van der Waals surface area contributed by atoms with E-state index in [4.69, 9.17) is 11.6 Å². The standard InChI is InChI=1S/C34H41ClN8O3/c1-5-8-22-21(9-6-11-24(22)39-33(45)31-37-26-17-36-15-13-28(26)41(31)3)23-10-7-12-25(30(23)35)40-34(46)32-38-27-19-43(18-20(2)44)16-14-29(27)42(32)4/h6-7,9-12,20,36,44H,5,8,13-19H2,1-4H3,(H,39,45)(H,40,46). The van der Waals surface area contributed by atoms with Crippen LogP contribution in [0.3, 0.4) is 0 Å². The van der Waals surface area contributed by atoms with E-state index in [1.807, 2.05) is 53.6 Å². The van der Waals surface area contributed by atoms with E-state index >= 15 is 0 Å². The van der Waals surface area contributed by atoms with Gasteiger partial charge in [-0.15, -0.1) is 0 Å². The van der Waals surface area contributed by atoms with Gasteiger partial charge in [0, 0.05) is 82.3 Å². The molecule has 4 N–H and O–H groups in total. The number of anilines is 2. The van der Waals surface area contributed by atoms with Gasteiger partial charge in [-0.25, -0.2) is 9.97 Å². The first-order valence-electron chi connectivity index (χ1n) is 15.9. The minimum absolute atomic E-state index is 0.259. The van der Waals surface area contributed by atoms with Crippen LogP contribution < -0.4 is 16.0 Å². The van der Waals surface area contributed by atoms with E-state index in [0.29, 0.717) is 54.1 Å². The SMILES string of the molecule is CCCc1c(NC(=O)c2nc3c(n2C)CCNC3)cccc1-c1cccc(NC(=O)c2nc3c(n2C)CCN(CC(C)O)C3)c1Cl. The number of aliphatic hydroxyl groups is 1. The van der Waals surface area contributed by atoms with Crippen molar-refractivity contribution in [2.24, 2.45) is 14.1 Å². The number of imidazole rings is 2. The number of aromatic nitrogens is 4. The van der Waals surface area contributed by atoms with Gasteiger partial charge in [0.1, 0.15) is 0 Å². The lowest BCUT2D eigenvalue weighted by molar-refractivity contribution is 0.100. The molecule has 6 rings (SSSR count). The molecular formula is C34H41ClN8O3. The number of nitrogens with zero attached hydrogens (tertiary/aromatic N) is 5. The van der Waals surface area contributed by atoms with E-state index in [1.165, 1.54) is 0 Å². The molecule has 2 aromatic carbocycles. The maximum atomic E-state index is 13.5. The number of benzene rings is 2. The topological polar surface area (TPSA) is 129 Å². The number of β-amino-alcohol motifs (C(OH)–C–C–N with tert-alkyl or cyclic N) is 1. The van der Waals surface area contributed by atoms with Crippen LogP contribution in [0.4, 0.5) is 11.4 Å². The Morgan fingerprint density at radius 1 is 0.957 bits per heavy atom. The van der Waals surface area contributed by atoms with Crippen LogP contribution in [0.25, 0.3) is 11.1 Å². The average Bonchev–Trinajstić information content (AvgIpc) is 3.55. The molecule has 1 unspecified atom stereocenters. The summed E-state index contributed by atoms with van der Waals surface area (Å²) in [6.45, 7) is 7.34. The molecule has 2 aromatic heterocycles. The molecule has 2 aliphatic heterocycles. The van der Waals surface area contributed by atoms with Gasteiger partial charge in [-0.1, -0.05) is 49.2 Å². The smallest absolute Gasteiger partial charge is 0.291 e. The fourth-order valence-corrected chi connectivity index (χ4v) is 6.92. The Hall–Kier alpha value is -4.03. The quantitative estimate of drug-likeness (QED) is 0.214. The molecule has 0 aliphatic carbocycles. The third-order valence-corrected chi connectivity index (χ3v) is 9.26. The molecule has 2 aliphatic rings. The monoisotopic (exact) mass is 644 g/mol. The van der Waals surface area contributed by atoms with Crippen molar-refractivity contribution in [3.05, 3.63) is 81.4 Å². The number of nitrogens with one attached hydrogen (secondary N) is 3. The van der Waals surface area contributed by atoms with Crippen LogP contribution in [0.5, 0.6) is 0 Å². The summed E-state index contributed by atoms with van der Waals surface area (Å²) in [6, 6.07) is 11.4. The molecule has 46 heavy (non-hydrogen) atoms. The van der Waals surface area contributed by atoms with Crippen LogP contribution in [0.2, 0.25) is 5.02 Å². The first-order chi connectivity index (χ1) is 22.2. The van der Waals surface area contributed by atoms with E-state index in [9.17, 15) is 14.7 Å². The number of carbonyl (C=O) groups excluding carboxylic acids is 2. The van der Waals surface area contributed by atoms with Gasteiger partial charge in [-0.2, -0.15) is 0 Å². The summed E-state index contributed by atoms with van der Waals surface area (Å²) in [6.07, 6.45) is 2.72. The van der Waals surface area contributed by atoms with Gasteiger partial charge in [0.15, 0.2) is 11.6 Å². The fourth-order valence-electron chi connectivity index (χ4n) is 6.64. The molecule has 12 heteroatoms. The maximum absolute atomic E-state index is 13.5. The molecule has 0 fully saturated rings. The van der Waals surface area contributed by atoms with Gasteiger partial charge >= 0.3 is 0 Å². The van der Waals surface area contributed by atoms with E-state index < -0.39 is 6.10 Å². The van der Waals surface area contributed by atoms with Crippen LogP contribution in [-0.2, 0) is 46.4 Å². The van der Waals surface area contributed by atoms with Crippen LogP contribution in [0.15, 0.2) is 36.4 Å². The molecule has 0 saturated carbocycles. The summed E-state index contributed by atoms with van der Waals surface area (Å²) in [5.41, 5.74) is 7.66. The molecule has 0 saturated heterocycles. The number of hydrogen-bond donors (Lipinski definition) is 4. The molecule has 0 bridgehead atoms. The van der Waals surface area contributed by atoms with E-state index in [0.717, 1.165) is 71.8 Å². The summed E-state index contributed by atoms with van der Waals surface area (Å²) < 4.78 is 3.74. The Kier molecular flexibility index (Phi) is 9.28. The molecule has 0 spiro atoms. The van der Waals surface area contributed by atoms with Gasteiger partial charge in [0.2, 0.25) is 0 Å². The summed E-state index contributed by atoms with van der Waals surface area (Å²) >= 11 is 7.01. The highest BCUT2D eigenvalue weighted by molar-refractivity contribution is 6.36. The Balaban J connectivity index is 1.26. The number of halogens is 1. The molecule has 4 heterocycles. The number of hydrogen-bond acceptors (Lipinski definition) is 7. The first kappa shape index (κ1) is 31.9. The van der Waals surface area contributed by atoms with Crippen LogP contribution >= 0.6 is 11.6 Å². The van der Waals surface area contributed by atoms with E-state index in [2.05, 4.69) is 37.7 Å². The van der Waals surface area contributed by atoms with E-state index in [-0.39, 0.29) is 11.8 Å². The van der Waals surface area contributed by atoms with Crippen molar-refractivity contribution in [1.29, 1.82) is 0 Å². The lowest BCUT2D eigenvalue weighted by Gasteiger charge is -2.27. The summed E-state index contributed by atoms with van der Waals surface area (Å²) in [5.74, 6) is 0.0930. The Labute approximate surface area is 274 Å². The predicted molar refractivity (Wildman–Crippen MR) is 179 cm³/mol. The predicted octanol–water partition coefficient (Wildman–Crippen LogP) is 4.32. The second-order valence-electron chi connectivity index (χ2n) is 12.2. The van der Waals surface area contributed by atoms with E-state index in [1.54, 1.807) is 13.0 Å². The van der Waals surface area contributed by atoms with Gasteiger partial charge in [0.05, 0.1) is 28.2 Å². The van der Waals surface area contributed by atoms with Crippen molar-refractivity contribution < 1.29 is 14.7 Å². The largest absolute Gasteiger partial charge is 0.392 e. The molecular weight excluding hydrogens is 604 g/mol. The summed E-state index contributed by atoms with van der Waals surface area (Å²) in [7, 11) is 3.75. The number of aliphatic hydroxyl groups excluding tert-OH is 1. The van der Waals surface area contributed by atoms with Crippen molar-refractivity contribution in [1.82, 2.24) is 29.3 Å². The second-order valence-corrected chi connectivity index (χ2v) is 12.6. The maximum Gasteiger partial charge on any atom is 0.291 e. The Morgan fingerprint density at radius 3 is 2.26 bits per heavy atom. The Morgan fingerprint density at radius 2 is 1.59 bits per heavy atom. The minimum Gasteiger partial charge on any atom is -0.392 e. The normalized spacial score (nSPS) is 15.3. The number of amides is 2. The third kappa shape index (κ3) is 6.20. The zero-order valence-corrected chi connectivity index (χ0v) is 27.5. The fraction of sp³-hybridized carbons (Fsp3) is 0.412. The highest BCUT2D eigenvalue weighted by Gasteiger charge is 2.27. The third-order valence-electron chi connectivity index (χ3n) is 8.85. The van der Waals surface area contributed by atoms with Crippen molar-refractivity contribution in [2.75, 3.05) is 30.3 Å². The van der Waals surface area contributed by atoms with Crippen molar-refractivity contribution >= 4 is 34.8 Å². The lowest BCUT2D eigenvalue weighted by Crippen LogP contribution is -2.36. The zero-order chi connectivity index (χ0) is 32.5. The molecule has 0 radical (unpaired) electrons. The van der Waals surface area contributed by atoms with Crippen LogP contribution in [0.1, 0.15) is 69.8 Å². The van der Waals surface area contributed by atoms with Crippen molar-refractivity contribution in [2.45, 2.75) is 58.7 Å². The molecule has 242 valence electrons. The van der Waals surface area contributed by atoms with Gasteiger partial charge < -0.3 is 30.2 Å². The van der Waals surface area contributed by atoms with Gasteiger partial charge in [0.25, 0.3) is 11.8 Å². The zero-order valence-electron chi connectivity index (χ0n) is 26.8. The average molecular weight is 645 g/mol. The number of carbonyl (C=O) groups is 2. The molecule has 1 atom stereocenters. The highest BCUT2D eigenvalue weighted by atomic mass is 35.5. The molecule has 2 amide bonds. The summed E-state index contributed by atoms with van der Waals surface area (Å²) in [5, 5.41) is 19.6. The summed E-state index contributed by atoms with van der Waals surface area (Å²) in [4.78, 5) is 38.5. The first-order valence-corrected chi connectivity index (χ1v) is 16.3. The highest BCUT2D eigenvalue weighted by Crippen LogP contribution is 2.38. The second kappa shape index (κ2) is 13.4. The number of fused-ring (bicyclic) bond motifs is 2. The minimum atomic E-state index is -0.430.